The fourth-order valence-corrected chi connectivity index (χ4v) is 3.85. The van der Waals surface area contributed by atoms with E-state index in [0.717, 1.165) is 20.8 Å². The molecular weight excluding hydrogens is 316 g/mol. The van der Waals surface area contributed by atoms with E-state index in [2.05, 4.69) is 21.9 Å². The van der Waals surface area contributed by atoms with Crippen molar-refractivity contribution in [1.82, 2.24) is 15.3 Å². The number of fused-ring (bicyclic) bond motifs is 1. The minimum absolute atomic E-state index is 0.211. The van der Waals surface area contributed by atoms with Crippen LogP contribution < -0.4 is 11.1 Å². The second-order valence-corrected chi connectivity index (χ2v) is 6.58. The second kappa shape index (κ2) is 5.86. The topological polar surface area (TPSA) is 80.9 Å². The number of nitrogens with two attached hydrogens (primary N) is 1. The summed E-state index contributed by atoms with van der Waals surface area (Å²) in [5.74, 6) is 0.455. The molecule has 0 aromatic carbocycles. The Morgan fingerprint density at radius 3 is 3.00 bits per heavy atom. The summed E-state index contributed by atoms with van der Waals surface area (Å²) in [5, 5.41) is 5.48. The highest BCUT2D eigenvalue weighted by molar-refractivity contribution is 7.21. The van der Waals surface area contributed by atoms with Gasteiger partial charge < -0.3 is 11.1 Å². The van der Waals surface area contributed by atoms with Crippen molar-refractivity contribution in [1.29, 1.82) is 0 Å². The van der Waals surface area contributed by atoms with E-state index in [1.54, 1.807) is 17.4 Å². The summed E-state index contributed by atoms with van der Waals surface area (Å²) in [4.78, 5) is 23.4. The van der Waals surface area contributed by atoms with Gasteiger partial charge in [0.1, 0.15) is 9.71 Å². The first kappa shape index (κ1) is 14.7. The molecule has 3 heterocycles. The molecule has 0 fully saturated rings. The lowest BCUT2D eigenvalue weighted by Crippen LogP contribution is -2.22. The minimum Gasteiger partial charge on any atom is -0.397 e. The van der Waals surface area contributed by atoms with Gasteiger partial charge in [0.15, 0.2) is 5.82 Å². The molecule has 5 nitrogen and oxygen atoms in total. The van der Waals surface area contributed by atoms with Crippen molar-refractivity contribution in [3.63, 3.8) is 0 Å². The molecule has 0 saturated heterocycles. The van der Waals surface area contributed by atoms with E-state index in [9.17, 15) is 4.79 Å². The highest BCUT2D eigenvalue weighted by Gasteiger charge is 2.20. The second-order valence-electron chi connectivity index (χ2n) is 4.63. The van der Waals surface area contributed by atoms with Crippen molar-refractivity contribution >= 4 is 44.5 Å². The molecule has 0 saturated carbocycles. The molecule has 0 aliphatic carbocycles. The zero-order chi connectivity index (χ0) is 15.7. The Labute approximate surface area is 135 Å². The van der Waals surface area contributed by atoms with Crippen molar-refractivity contribution in [3.05, 3.63) is 40.7 Å². The number of nitrogens with zero attached hydrogens (tertiary/aromatic N) is 2. The average Bonchev–Trinajstić information content (AvgIpc) is 3.13. The number of nitrogens with one attached hydrogen (secondary N) is 1. The van der Waals surface area contributed by atoms with Gasteiger partial charge in [-0.1, -0.05) is 12.1 Å². The van der Waals surface area contributed by atoms with E-state index >= 15 is 0 Å². The third kappa shape index (κ3) is 2.49. The van der Waals surface area contributed by atoms with Gasteiger partial charge in [-0.15, -0.1) is 29.3 Å². The summed E-state index contributed by atoms with van der Waals surface area (Å²) in [6.45, 7) is 5.87. The Morgan fingerprint density at radius 2 is 2.32 bits per heavy atom. The van der Waals surface area contributed by atoms with Crippen LogP contribution in [0.5, 0.6) is 0 Å². The van der Waals surface area contributed by atoms with Crippen LogP contribution in [0.4, 0.5) is 5.69 Å². The van der Waals surface area contributed by atoms with Crippen LogP contribution >= 0.6 is 22.7 Å². The summed E-state index contributed by atoms with van der Waals surface area (Å²) < 4.78 is 0. The van der Waals surface area contributed by atoms with E-state index in [1.807, 2.05) is 24.4 Å². The molecule has 112 valence electrons. The van der Waals surface area contributed by atoms with Gasteiger partial charge in [0.25, 0.3) is 5.91 Å². The molecule has 1 amide bonds. The van der Waals surface area contributed by atoms with Crippen molar-refractivity contribution in [3.8, 4) is 10.7 Å². The lowest BCUT2D eigenvalue weighted by Gasteiger charge is -2.02. The number of amides is 1. The number of nitrogen functional groups attached to an aromatic ring is 1. The van der Waals surface area contributed by atoms with E-state index in [1.165, 1.54) is 11.3 Å². The Morgan fingerprint density at radius 1 is 1.50 bits per heavy atom. The van der Waals surface area contributed by atoms with E-state index < -0.39 is 0 Å². The van der Waals surface area contributed by atoms with Gasteiger partial charge in [-0.05, 0) is 18.4 Å². The van der Waals surface area contributed by atoms with Crippen LogP contribution in [0.2, 0.25) is 0 Å². The minimum atomic E-state index is -0.211. The van der Waals surface area contributed by atoms with Crippen LogP contribution in [0.15, 0.2) is 30.2 Å². The first-order chi connectivity index (χ1) is 10.6. The fraction of sp³-hybridized carbons (Fsp3) is 0.133. The highest BCUT2D eigenvalue weighted by Crippen LogP contribution is 2.35. The van der Waals surface area contributed by atoms with E-state index in [4.69, 9.17) is 5.73 Å². The van der Waals surface area contributed by atoms with E-state index in [-0.39, 0.29) is 5.91 Å². The lowest BCUT2D eigenvalue weighted by molar-refractivity contribution is 0.0963. The Kier molecular flexibility index (Phi) is 3.91. The summed E-state index contributed by atoms with van der Waals surface area (Å²) in [7, 11) is 0. The van der Waals surface area contributed by atoms with Crippen LogP contribution in [0.25, 0.3) is 20.9 Å². The predicted molar refractivity (Wildman–Crippen MR) is 92.4 cm³/mol. The van der Waals surface area contributed by atoms with Gasteiger partial charge >= 0.3 is 0 Å². The maximum absolute atomic E-state index is 12.1. The normalized spacial score (nSPS) is 10.8. The molecule has 0 aliphatic heterocycles. The molecule has 3 rings (SSSR count). The molecule has 3 aromatic rings. The van der Waals surface area contributed by atoms with Crippen molar-refractivity contribution < 1.29 is 4.79 Å². The number of rotatable bonds is 4. The molecule has 0 unspecified atom stereocenters. The smallest absolute Gasteiger partial charge is 0.263 e. The number of anilines is 1. The number of hydrogen-bond acceptors (Lipinski definition) is 6. The summed E-state index contributed by atoms with van der Waals surface area (Å²) in [5.41, 5.74) is 7.35. The SMILES string of the molecule is C=CCNC(=O)c1sc2nc(-c3cccs3)nc(C)c2c1N. The number of aryl methyl sites for hydroxylation is 1. The molecule has 7 heteroatoms. The first-order valence-corrected chi connectivity index (χ1v) is 8.31. The van der Waals surface area contributed by atoms with Gasteiger partial charge in [0.05, 0.1) is 21.6 Å². The molecule has 0 radical (unpaired) electrons. The Bertz CT molecular complexity index is 852. The quantitative estimate of drug-likeness (QED) is 0.720. The van der Waals surface area contributed by atoms with E-state index in [0.29, 0.717) is 22.9 Å². The zero-order valence-corrected chi connectivity index (χ0v) is 13.6. The Balaban J connectivity index is 2.11. The van der Waals surface area contributed by atoms with Crippen molar-refractivity contribution in [2.45, 2.75) is 6.92 Å². The average molecular weight is 330 g/mol. The fourth-order valence-electron chi connectivity index (χ4n) is 2.13. The predicted octanol–water partition coefficient (Wildman–Crippen LogP) is 3.23. The van der Waals surface area contributed by atoms with Crippen LogP contribution in [0, 0.1) is 6.92 Å². The number of carbonyl (C=O) groups is 1. The number of thiophene rings is 2. The van der Waals surface area contributed by atoms with Gasteiger partial charge in [-0.3, -0.25) is 4.79 Å². The molecular formula is C15H14N4OS2. The third-order valence-corrected chi connectivity index (χ3v) is 5.09. The first-order valence-electron chi connectivity index (χ1n) is 6.61. The maximum Gasteiger partial charge on any atom is 0.263 e. The number of carbonyl (C=O) groups excluding carboxylic acids is 1. The molecule has 0 bridgehead atoms. The molecule has 0 aliphatic rings. The summed E-state index contributed by atoms with van der Waals surface area (Å²) in [6.07, 6.45) is 1.63. The molecule has 3 N–H and O–H groups in total. The van der Waals surface area contributed by atoms with Crippen LogP contribution in [-0.2, 0) is 0 Å². The van der Waals surface area contributed by atoms with Crippen LogP contribution in [-0.4, -0.2) is 22.4 Å². The third-order valence-electron chi connectivity index (χ3n) is 3.12. The van der Waals surface area contributed by atoms with Gasteiger partial charge in [-0.25, -0.2) is 9.97 Å². The monoisotopic (exact) mass is 330 g/mol. The standard InChI is InChI=1S/C15H14N4OS2/c1-3-6-17-14(20)12-11(16)10-8(2)18-13(19-15(10)22-12)9-5-4-7-21-9/h3-5,7H,1,6,16H2,2H3,(H,17,20). The molecule has 0 spiro atoms. The Hall–Kier alpha value is -2.25. The number of hydrogen-bond donors (Lipinski definition) is 2. The number of aromatic nitrogens is 2. The summed E-state index contributed by atoms with van der Waals surface area (Å²) >= 11 is 2.87. The zero-order valence-electron chi connectivity index (χ0n) is 11.9. The molecule has 22 heavy (non-hydrogen) atoms. The largest absolute Gasteiger partial charge is 0.397 e. The van der Waals surface area contributed by atoms with Gasteiger partial charge in [0, 0.05) is 6.54 Å². The lowest BCUT2D eigenvalue weighted by atomic mass is 10.2. The van der Waals surface area contributed by atoms with Crippen molar-refractivity contribution in [2.75, 3.05) is 12.3 Å². The van der Waals surface area contributed by atoms with Crippen molar-refractivity contribution in [2.24, 2.45) is 0 Å². The molecule has 3 aromatic heterocycles. The molecule has 0 atom stereocenters. The van der Waals surface area contributed by atoms with Gasteiger partial charge in [0.2, 0.25) is 0 Å². The van der Waals surface area contributed by atoms with Gasteiger partial charge in [-0.2, -0.15) is 0 Å². The summed E-state index contributed by atoms with van der Waals surface area (Å²) in [6, 6.07) is 3.93. The maximum atomic E-state index is 12.1. The van der Waals surface area contributed by atoms with Crippen LogP contribution in [0.3, 0.4) is 0 Å². The van der Waals surface area contributed by atoms with Crippen LogP contribution in [0.1, 0.15) is 15.4 Å². The highest BCUT2D eigenvalue weighted by atomic mass is 32.1.